The van der Waals surface area contributed by atoms with E-state index in [1.165, 1.54) is 35.6 Å². The summed E-state index contributed by atoms with van der Waals surface area (Å²) in [6.07, 6.45) is 4.62. The normalized spacial score (nSPS) is 12.5. The number of hydrogen-bond donors (Lipinski definition) is 2. The number of hydrogen-bond acceptors (Lipinski definition) is 5. The highest BCUT2D eigenvalue weighted by Gasteiger charge is 2.31. The van der Waals surface area contributed by atoms with Crippen LogP contribution in [0.1, 0.15) is 59.1 Å². The first-order chi connectivity index (χ1) is 19.5. The van der Waals surface area contributed by atoms with Gasteiger partial charge >= 0.3 is 6.36 Å². The summed E-state index contributed by atoms with van der Waals surface area (Å²) in [6.45, 7) is 16.4. The maximum atomic E-state index is 12.8. The smallest absolute Gasteiger partial charge is 0.404 e. The van der Waals surface area contributed by atoms with E-state index in [4.69, 9.17) is 5.73 Å². The van der Waals surface area contributed by atoms with E-state index in [0.717, 1.165) is 29.5 Å². The summed E-state index contributed by atoms with van der Waals surface area (Å²) in [5.41, 5.74) is 4.56. The second-order valence-corrected chi connectivity index (χ2v) is 9.07. The van der Waals surface area contributed by atoms with Gasteiger partial charge in [-0.15, -0.1) is 13.2 Å². The first kappa shape index (κ1) is 40.7. The second-order valence-electron chi connectivity index (χ2n) is 8.35. The zero-order valence-electron chi connectivity index (χ0n) is 25.1. The first-order valence-corrected chi connectivity index (χ1v) is 13.6. The number of ether oxygens (including phenoxy) is 1. The van der Waals surface area contributed by atoms with Crippen LogP contribution in [0.25, 0.3) is 5.57 Å². The topological polar surface area (TPSA) is 90.1 Å². The van der Waals surface area contributed by atoms with Crippen molar-refractivity contribution in [2.45, 2.75) is 73.0 Å². The van der Waals surface area contributed by atoms with Crippen LogP contribution in [-0.2, 0) is 9.53 Å². The minimum Gasteiger partial charge on any atom is -0.404 e. The molecule has 0 radical (unpaired) electrons. The Kier molecular flexibility index (Phi) is 20.6. The summed E-state index contributed by atoms with van der Waals surface area (Å²) >= 11 is 0. The summed E-state index contributed by atoms with van der Waals surface area (Å²) in [7, 11) is 1.50. The van der Waals surface area contributed by atoms with Gasteiger partial charge in [0.1, 0.15) is 5.82 Å². The van der Waals surface area contributed by atoms with Crippen LogP contribution in [-0.4, -0.2) is 34.0 Å². The molecule has 42 heavy (non-hydrogen) atoms. The lowest BCUT2D eigenvalue weighted by Crippen LogP contribution is -2.20. The molecular formula is C30H42F5N4O2P. The number of halogens is 5. The molecule has 2 aromatic heterocycles. The lowest BCUT2D eigenvalue weighted by atomic mass is 10.1. The van der Waals surface area contributed by atoms with E-state index in [1.807, 2.05) is 20.8 Å². The van der Waals surface area contributed by atoms with Crippen LogP contribution >= 0.6 is 9.24 Å². The van der Waals surface area contributed by atoms with Crippen LogP contribution < -0.4 is 11.1 Å². The van der Waals surface area contributed by atoms with Crippen molar-refractivity contribution >= 4 is 26.5 Å². The predicted molar refractivity (Wildman–Crippen MR) is 165 cm³/mol. The van der Waals surface area contributed by atoms with Crippen molar-refractivity contribution in [1.82, 2.24) is 9.97 Å². The standard InChI is InChI=1S/C14H16F3N3O2.C11H12F2NP.C3H8.C2H6/c1-9-3-6-12(19-8-9)20-13(21)11(7-18)5-4-10(2)22-14(15,16)17;1-8(6-9(2)11(12,13)15)10-4-3-5-14-7-10;1-3-2;1-2/h3-8,10H,18H2,1-2H3,(H,19,20,21);3-7H,1,15H2,2H3;3H2,1-2H3;1-2H3/b5-4-,11-7+;9-6+;;. The first-order valence-electron chi connectivity index (χ1n) is 13.1. The minimum atomic E-state index is -4.75. The Hall–Kier alpha value is -3.43. The fraction of sp³-hybridized carbons (Fsp3) is 0.367. The van der Waals surface area contributed by atoms with Crippen LogP contribution in [0.2, 0.25) is 0 Å². The molecule has 234 valence electrons. The number of nitrogens with zero attached hydrogens (tertiary/aromatic N) is 2. The molecule has 1 amide bonds. The quantitative estimate of drug-likeness (QED) is 0.134. The number of pyridine rings is 2. The molecule has 0 saturated heterocycles. The van der Waals surface area contributed by atoms with Crippen molar-refractivity contribution in [2.24, 2.45) is 5.73 Å². The highest BCUT2D eigenvalue weighted by Crippen LogP contribution is 2.32. The molecule has 0 aliphatic heterocycles. The third-order valence-electron chi connectivity index (χ3n) is 4.41. The van der Waals surface area contributed by atoms with Gasteiger partial charge in [0.2, 0.25) is 0 Å². The number of anilines is 1. The number of alkyl halides is 5. The van der Waals surface area contributed by atoms with Crippen LogP contribution in [0.3, 0.4) is 0 Å². The molecule has 3 N–H and O–H groups in total. The van der Waals surface area contributed by atoms with Crippen molar-refractivity contribution in [2.75, 3.05) is 5.32 Å². The maximum Gasteiger partial charge on any atom is 0.523 e. The molecular weight excluding hydrogens is 574 g/mol. The van der Waals surface area contributed by atoms with E-state index in [9.17, 15) is 26.7 Å². The molecule has 0 aromatic carbocycles. The molecule has 2 atom stereocenters. The fourth-order valence-corrected chi connectivity index (χ4v) is 2.50. The van der Waals surface area contributed by atoms with Crippen LogP contribution in [0.4, 0.5) is 27.8 Å². The van der Waals surface area contributed by atoms with E-state index in [-0.39, 0.29) is 11.1 Å². The Balaban J connectivity index is 0. The lowest BCUT2D eigenvalue weighted by Gasteiger charge is -2.11. The number of amides is 1. The number of carbonyl (C=O) groups excluding carboxylic acids is 1. The van der Waals surface area contributed by atoms with E-state index >= 15 is 0 Å². The lowest BCUT2D eigenvalue weighted by molar-refractivity contribution is -0.334. The SMILES string of the molecule is C=C(/C=C(\C)C(F)(F)P)c1cccnc1.CC.CCC.Cc1ccc(NC(=O)C(/C=C\C(C)OC(F)(F)F)=C/N)nc1. The van der Waals surface area contributed by atoms with Crippen LogP contribution in [0.15, 0.2) is 85.0 Å². The summed E-state index contributed by atoms with van der Waals surface area (Å²) < 4.78 is 65.4. The van der Waals surface area contributed by atoms with Gasteiger partial charge in [0.05, 0.1) is 11.7 Å². The van der Waals surface area contributed by atoms with E-state index in [1.54, 1.807) is 42.9 Å². The van der Waals surface area contributed by atoms with Crippen molar-refractivity contribution in [1.29, 1.82) is 0 Å². The summed E-state index contributed by atoms with van der Waals surface area (Å²) in [6, 6.07) is 6.87. The molecule has 12 heteroatoms. The number of allylic oxidation sites excluding steroid dienone is 3. The van der Waals surface area contributed by atoms with Crippen LogP contribution in [0, 0.1) is 6.92 Å². The molecule has 0 aliphatic carbocycles. The number of nitrogens with one attached hydrogen (secondary N) is 1. The third kappa shape index (κ3) is 19.6. The minimum absolute atomic E-state index is 0.0139. The maximum absolute atomic E-state index is 12.8. The number of aromatic nitrogens is 2. The molecule has 0 spiro atoms. The molecule has 0 bridgehead atoms. The monoisotopic (exact) mass is 616 g/mol. The van der Waals surface area contributed by atoms with Gasteiger partial charge in [-0.1, -0.05) is 68.1 Å². The van der Waals surface area contributed by atoms with Gasteiger partial charge < -0.3 is 11.1 Å². The zero-order chi connectivity index (χ0) is 32.9. The highest BCUT2D eigenvalue weighted by atomic mass is 31.0. The van der Waals surface area contributed by atoms with Gasteiger partial charge in [0, 0.05) is 24.8 Å². The zero-order valence-corrected chi connectivity index (χ0v) is 26.3. The van der Waals surface area contributed by atoms with E-state index in [0.29, 0.717) is 11.4 Å². The van der Waals surface area contributed by atoms with Gasteiger partial charge in [-0.05, 0) is 67.3 Å². The summed E-state index contributed by atoms with van der Waals surface area (Å²) in [5.74, 6) is -0.280. The second kappa shape index (κ2) is 21.3. The third-order valence-corrected chi connectivity index (χ3v) is 4.87. The van der Waals surface area contributed by atoms with E-state index < -0.39 is 24.0 Å². The highest BCUT2D eigenvalue weighted by molar-refractivity contribution is 7.18. The van der Waals surface area contributed by atoms with Crippen molar-refractivity contribution < 1.29 is 31.5 Å². The number of rotatable bonds is 8. The molecule has 0 fully saturated rings. The number of nitrogens with two attached hydrogens (primary N) is 1. The molecule has 0 saturated carbocycles. The van der Waals surface area contributed by atoms with Crippen molar-refractivity contribution in [3.8, 4) is 0 Å². The Bertz CT molecular complexity index is 1150. The largest absolute Gasteiger partial charge is 0.523 e. The van der Waals surface area contributed by atoms with Gasteiger partial charge in [-0.25, -0.2) is 4.98 Å². The fourth-order valence-electron chi connectivity index (χ4n) is 2.42. The Morgan fingerprint density at radius 3 is 2.19 bits per heavy atom. The Labute approximate surface area is 248 Å². The van der Waals surface area contributed by atoms with E-state index in [2.05, 4.69) is 40.4 Å². The number of carbonyl (C=O) groups is 1. The Morgan fingerprint density at radius 1 is 1.17 bits per heavy atom. The average molecular weight is 617 g/mol. The van der Waals surface area contributed by atoms with Gasteiger partial charge in [-0.3, -0.25) is 14.5 Å². The molecule has 2 aromatic rings. The molecule has 0 aliphatic rings. The van der Waals surface area contributed by atoms with Gasteiger partial charge in [-0.2, -0.15) is 8.78 Å². The number of aryl methyl sites for hydroxylation is 1. The molecule has 2 rings (SSSR count). The van der Waals surface area contributed by atoms with Crippen molar-refractivity contribution in [3.63, 3.8) is 0 Å². The van der Waals surface area contributed by atoms with Crippen molar-refractivity contribution in [3.05, 3.63) is 96.1 Å². The average Bonchev–Trinajstić information content (AvgIpc) is 2.91. The van der Waals surface area contributed by atoms with Crippen LogP contribution in [0.5, 0.6) is 0 Å². The summed E-state index contributed by atoms with van der Waals surface area (Å²) in [4.78, 5) is 19.8. The molecule has 6 nitrogen and oxygen atoms in total. The molecule has 2 unspecified atom stereocenters. The van der Waals surface area contributed by atoms with Gasteiger partial charge in [0.15, 0.2) is 0 Å². The predicted octanol–water partition coefficient (Wildman–Crippen LogP) is 8.60. The van der Waals surface area contributed by atoms with Gasteiger partial charge in [0.25, 0.3) is 11.6 Å². The summed E-state index contributed by atoms with van der Waals surface area (Å²) in [5, 5.41) is 2.48. The molecule has 2 heterocycles. The Morgan fingerprint density at radius 2 is 1.76 bits per heavy atom.